The van der Waals surface area contributed by atoms with Crippen molar-refractivity contribution in [1.29, 1.82) is 0 Å². The van der Waals surface area contributed by atoms with Crippen LogP contribution in [0.3, 0.4) is 0 Å². The summed E-state index contributed by atoms with van der Waals surface area (Å²) in [6.07, 6.45) is 2.40. The van der Waals surface area contributed by atoms with Gasteiger partial charge >= 0.3 is 0 Å². The van der Waals surface area contributed by atoms with Gasteiger partial charge in [-0.1, -0.05) is 6.92 Å². The first-order valence-electron chi connectivity index (χ1n) is 4.61. The molecular weight excluding hydrogens is 140 g/mol. The molecule has 0 radical (unpaired) electrons. The van der Waals surface area contributed by atoms with Gasteiger partial charge in [-0.15, -0.1) is 0 Å². The Labute approximate surface area is 66.5 Å². The van der Waals surface area contributed by atoms with E-state index in [4.69, 9.17) is 4.74 Å². The largest absolute Gasteiger partial charge is 0.368 e. The lowest BCUT2D eigenvalue weighted by Crippen LogP contribution is -2.44. The first-order chi connectivity index (χ1) is 5.27. The monoisotopic (exact) mass is 154 g/mol. The van der Waals surface area contributed by atoms with Gasteiger partial charge in [0.25, 0.3) is 0 Å². The number of aliphatic hydroxyl groups excluding tert-OH is 1. The maximum atomic E-state index is 9.54. The van der Waals surface area contributed by atoms with E-state index in [1.54, 1.807) is 0 Å². The first-order valence-corrected chi connectivity index (χ1v) is 4.61. The van der Waals surface area contributed by atoms with Gasteiger partial charge in [-0.05, 0) is 30.6 Å². The van der Waals surface area contributed by atoms with Crippen LogP contribution in [0.5, 0.6) is 0 Å². The summed E-state index contributed by atoms with van der Waals surface area (Å²) in [4.78, 5) is 0. The van der Waals surface area contributed by atoms with Crippen molar-refractivity contribution in [1.82, 2.24) is 0 Å². The Morgan fingerprint density at radius 3 is 2.82 bits per heavy atom. The van der Waals surface area contributed by atoms with Crippen LogP contribution in [0.15, 0.2) is 0 Å². The predicted molar refractivity (Wildman–Crippen MR) is 39.7 cm³/mol. The van der Waals surface area contributed by atoms with Gasteiger partial charge in [0, 0.05) is 5.92 Å². The van der Waals surface area contributed by atoms with Crippen molar-refractivity contribution >= 4 is 0 Å². The second-order valence-corrected chi connectivity index (χ2v) is 4.39. The van der Waals surface area contributed by atoms with Crippen molar-refractivity contribution in [2.45, 2.75) is 32.2 Å². The number of rotatable bonds is 0. The standard InChI is InChI=1S/C9H14O2/c1-4-5-3-8-7(5)2-6(4)9(10)11-8/h4-10H,2-3H2,1H3. The fourth-order valence-corrected chi connectivity index (χ4v) is 3.29. The summed E-state index contributed by atoms with van der Waals surface area (Å²) in [7, 11) is 0. The Morgan fingerprint density at radius 1 is 1.18 bits per heavy atom. The molecule has 0 aromatic heterocycles. The van der Waals surface area contributed by atoms with Crippen molar-refractivity contribution in [3.05, 3.63) is 0 Å². The molecule has 2 nitrogen and oxygen atoms in total. The molecule has 0 aromatic carbocycles. The minimum atomic E-state index is -0.446. The minimum Gasteiger partial charge on any atom is -0.368 e. The van der Waals surface area contributed by atoms with E-state index in [-0.39, 0.29) is 0 Å². The quantitative estimate of drug-likeness (QED) is 0.564. The smallest absolute Gasteiger partial charge is 0.158 e. The summed E-state index contributed by atoms with van der Waals surface area (Å²) in [5.41, 5.74) is 0. The third-order valence-electron chi connectivity index (χ3n) is 4.11. The highest BCUT2D eigenvalue weighted by Crippen LogP contribution is 2.59. The van der Waals surface area contributed by atoms with Gasteiger partial charge in [-0.3, -0.25) is 0 Å². The summed E-state index contributed by atoms with van der Waals surface area (Å²) >= 11 is 0. The number of ether oxygens (including phenoxy) is 1. The Balaban J connectivity index is 1.95. The Bertz CT molecular complexity index is 192. The fraction of sp³-hybridized carbons (Fsp3) is 1.00. The van der Waals surface area contributed by atoms with E-state index >= 15 is 0 Å². The second-order valence-electron chi connectivity index (χ2n) is 4.39. The van der Waals surface area contributed by atoms with E-state index in [1.165, 1.54) is 12.8 Å². The SMILES string of the molecule is CC1C2CC3C(CC13)OC2O. The van der Waals surface area contributed by atoms with E-state index in [2.05, 4.69) is 6.92 Å². The number of fused-ring (bicyclic) bond motifs is 1. The first kappa shape index (κ1) is 6.44. The molecule has 0 aromatic rings. The highest BCUT2D eigenvalue weighted by atomic mass is 16.6. The van der Waals surface area contributed by atoms with Crippen LogP contribution in [-0.2, 0) is 4.74 Å². The molecule has 1 N–H and O–H groups in total. The van der Waals surface area contributed by atoms with Crippen LogP contribution in [0.1, 0.15) is 19.8 Å². The summed E-state index contributed by atoms with van der Waals surface area (Å²) in [6.45, 7) is 2.27. The predicted octanol–water partition coefficient (Wildman–Crippen LogP) is 0.996. The van der Waals surface area contributed by atoms with Crippen LogP contribution in [0.4, 0.5) is 0 Å². The third kappa shape index (κ3) is 0.611. The van der Waals surface area contributed by atoms with Crippen molar-refractivity contribution in [2.75, 3.05) is 0 Å². The zero-order chi connectivity index (χ0) is 7.59. The van der Waals surface area contributed by atoms with Crippen LogP contribution in [0.25, 0.3) is 0 Å². The fourth-order valence-electron chi connectivity index (χ4n) is 3.29. The molecule has 0 amide bonds. The molecular formula is C9H14O2. The lowest BCUT2D eigenvalue weighted by atomic mass is 9.71. The molecule has 3 fully saturated rings. The Morgan fingerprint density at radius 2 is 2.00 bits per heavy atom. The van der Waals surface area contributed by atoms with Crippen LogP contribution in [0, 0.1) is 23.7 Å². The average molecular weight is 154 g/mol. The summed E-state index contributed by atoms with van der Waals surface area (Å²) in [5.74, 6) is 2.83. The van der Waals surface area contributed by atoms with Gasteiger partial charge in [0.2, 0.25) is 0 Å². The Kier molecular flexibility index (Phi) is 1.06. The zero-order valence-corrected chi connectivity index (χ0v) is 6.73. The molecule has 2 heteroatoms. The second kappa shape index (κ2) is 1.80. The van der Waals surface area contributed by atoms with Crippen LogP contribution in [0.2, 0.25) is 0 Å². The number of aliphatic hydroxyl groups is 1. The highest BCUT2D eigenvalue weighted by Gasteiger charge is 2.58. The zero-order valence-electron chi connectivity index (χ0n) is 6.73. The average Bonchev–Trinajstić information content (AvgIpc) is 2.05. The Hall–Kier alpha value is -0.0800. The molecule has 62 valence electrons. The normalized spacial score (nSPS) is 66.0. The van der Waals surface area contributed by atoms with E-state index in [0.717, 1.165) is 11.8 Å². The van der Waals surface area contributed by atoms with Crippen molar-refractivity contribution in [3.63, 3.8) is 0 Å². The molecule has 2 aliphatic carbocycles. The van der Waals surface area contributed by atoms with Gasteiger partial charge in [0.15, 0.2) is 6.29 Å². The maximum absolute atomic E-state index is 9.54. The molecule has 0 spiro atoms. The summed E-state index contributed by atoms with van der Waals surface area (Å²) in [6, 6.07) is 0. The van der Waals surface area contributed by atoms with E-state index in [1.807, 2.05) is 0 Å². The van der Waals surface area contributed by atoms with Gasteiger partial charge in [0.05, 0.1) is 6.10 Å². The van der Waals surface area contributed by atoms with E-state index < -0.39 is 6.29 Å². The van der Waals surface area contributed by atoms with Gasteiger partial charge in [-0.2, -0.15) is 0 Å². The molecule has 3 rings (SSSR count). The molecule has 1 heterocycles. The topological polar surface area (TPSA) is 29.5 Å². The molecule has 6 atom stereocenters. The van der Waals surface area contributed by atoms with Crippen LogP contribution in [-0.4, -0.2) is 17.5 Å². The van der Waals surface area contributed by atoms with Gasteiger partial charge in [0.1, 0.15) is 0 Å². The van der Waals surface area contributed by atoms with E-state index in [0.29, 0.717) is 17.9 Å². The van der Waals surface area contributed by atoms with Crippen molar-refractivity contribution < 1.29 is 9.84 Å². The lowest BCUT2D eigenvalue weighted by Gasteiger charge is -2.42. The van der Waals surface area contributed by atoms with E-state index in [9.17, 15) is 5.11 Å². The number of hydrogen-bond acceptors (Lipinski definition) is 2. The molecule has 3 aliphatic rings. The molecule has 2 saturated carbocycles. The van der Waals surface area contributed by atoms with Crippen LogP contribution >= 0.6 is 0 Å². The minimum absolute atomic E-state index is 0.413. The van der Waals surface area contributed by atoms with Crippen LogP contribution < -0.4 is 0 Å². The molecule has 1 aliphatic heterocycles. The number of hydrogen-bond donors (Lipinski definition) is 1. The third-order valence-corrected chi connectivity index (χ3v) is 4.11. The van der Waals surface area contributed by atoms with Crippen molar-refractivity contribution in [2.24, 2.45) is 23.7 Å². The highest BCUT2D eigenvalue weighted by molar-refractivity contribution is 5.05. The lowest BCUT2D eigenvalue weighted by molar-refractivity contribution is -0.217. The molecule has 1 saturated heterocycles. The maximum Gasteiger partial charge on any atom is 0.158 e. The van der Waals surface area contributed by atoms with Crippen molar-refractivity contribution in [3.8, 4) is 0 Å². The van der Waals surface area contributed by atoms with Gasteiger partial charge in [-0.25, -0.2) is 0 Å². The molecule has 11 heavy (non-hydrogen) atoms. The van der Waals surface area contributed by atoms with Gasteiger partial charge < -0.3 is 9.84 Å². The summed E-state index contributed by atoms with van der Waals surface area (Å²) in [5, 5.41) is 9.54. The summed E-state index contributed by atoms with van der Waals surface area (Å²) < 4.78 is 5.47. The molecule has 6 unspecified atom stereocenters. The molecule has 2 bridgehead atoms.